The molecule has 1 aromatic carbocycles. The Labute approximate surface area is 117 Å². The lowest BCUT2D eigenvalue weighted by molar-refractivity contribution is -0.119. The molecule has 0 radical (unpaired) electrons. The van der Waals surface area contributed by atoms with Crippen molar-refractivity contribution in [1.82, 2.24) is 10.3 Å². The number of benzene rings is 1. The molecule has 0 saturated heterocycles. The maximum Gasteiger partial charge on any atom is 0.274 e. The van der Waals surface area contributed by atoms with E-state index in [4.69, 9.17) is 0 Å². The number of pyridine rings is 1. The number of aromatic nitrogens is 1. The average Bonchev–Trinajstić information content (AvgIpc) is 2.50. The third-order valence-corrected chi connectivity index (χ3v) is 2.79. The zero-order chi connectivity index (χ0) is 14.4. The Balaban J connectivity index is 2.17. The first kappa shape index (κ1) is 13.7. The van der Waals surface area contributed by atoms with Crippen LogP contribution in [0.4, 0.5) is 5.69 Å². The van der Waals surface area contributed by atoms with Crippen molar-refractivity contribution in [2.75, 3.05) is 12.4 Å². The van der Waals surface area contributed by atoms with Gasteiger partial charge in [0.2, 0.25) is 5.91 Å². The van der Waals surface area contributed by atoms with Gasteiger partial charge < -0.3 is 10.6 Å². The third-order valence-electron chi connectivity index (χ3n) is 2.79. The smallest absolute Gasteiger partial charge is 0.274 e. The minimum absolute atomic E-state index is 0.107. The van der Waals surface area contributed by atoms with Crippen molar-refractivity contribution in [3.05, 3.63) is 59.9 Å². The van der Waals surface area contributed by atoms with Gasteiger partial charge in [-0.2, -0.15) is 0 Å². The summed E-state index contributed by atoms with van der Waals surface area (Å²) in [6.45, 7) is 0. The molecule has 5 heteroatoms. The van der Waals surface area contributed by atoms with Gasteiger partial charge in [-0.1, -0.05) is 24.3 Å². The van der Waals surface area contributed by atoms with Crippen LogP contribution in [0, 0.1) is 0 Å². The predicted octanol–water partition coefficient (Wildman–Crippen LogP) is 1.62. The van der Waals surface area contributed by atoms with E-state index in [1.165, 1.54) is 0 Å². The number of likely N-dealkylation sites (N-methyl/N-ethyl adjacent to an activating group) is 1. The molecule has 2 rings (SSSR count). The maximum atomic E-state index is 12.0. The van der Waals surface area contributed by atoms with Gasteiger partial charge >= 0.3 is 0 Å². The van der Waals surface area contributed by atoms with Crippen molar-refractivity contribution in [2.45, 2.75) is 6.42 Å². The summed E-state index contributed by atoms with van der Waals surface area (Å²) in [5.41, 5.74) is 1.71. The minimum Gasteiger partial charge on any atom is -0.359 e. The molecule has 2 amide bonds. The number of hydrogen-bond donors (Lipinski definition) is 2. The van der Waals surface area contributed by atoms with E-state index in [0.717, 1.165) is 5.56 Å². The van der Waals surface area contributed by atoms with Crippen molar-refractivity contribution in [2.24, 2.45) is 0 Å². The van der Waals surface area contributed by atoms with Crippen LogP contribution in [0.3, 0.4) is 0 Å². The second-order valence-electron chi connectivity index (χ2n) is 4.18. The monoisotopic (exact) mass is 269 g/mol. The minimum atomic E-state index is -0.296. The first-order valence-corrected chi connectivity index (χ1v) is 6.21. The highest BCUT2D eigenvalue weighted by molar-refractivity contribution is 6.03. The van der Waals surface area contributed by atoms with Gasteiger partial charge in [0.05, 0.1) is 6.42 Å². The Kier molecular flexibility index (Phi) is 4.44. The highest BCUT2D eigenvalue weighted by Gasteiger charge is 2.11. The molecular formula is C15H15N3O2. The van der Waals surface area contributed by atoms with Crippen molar-refractivity contribution >= 4 is 17.5 Å². The SMILES string of the molecule is CNC(=O)Cc1ccccc1NC(=O)c1ccccn1. The molecule has 5 nitrogen and oxygen atoms in total. The van der Waals surface area contributed by atoms with Gasteiger partial charge in [0.1, 0.15) is 5.69 Å². The van der Waals surface area contributed by atoms with E-state index in [-0.39, 0.29) is 18.2 Å². The van der Waals surface area contributed by atoms with E-state index in [0.29, 0.717) is 11.4 Å². The molecule has 0 saturated carbocycles. The fraction of sp³-hybridized carbons (Fsp3) is 0.133. The first-order chi connectivity index (χ1) is 9.70. The van der Waals surface area contributed by atoms with Crippen molar-refractivity contribution < 1.29 is 9.59 Å². The molecule has 0 unspecified atom stereocenters. The zero-order valence-corrected chi connectivity index (χ0v) is 11.1. The van der Waals surface area contributed by atoms with Gasteiger partial charge in [-0.05, 0) is 23.8 Å². The molecule has 1 aromatic heterocycles. The molecule has 2 N–H and O–H groups in total. The normalized spacial score (nSPS) is 9.85. The van der Waals surface area contributed by atoms with E-state index in [2.05, 4.69) is 15.6 Å². The van der Waals surface area contributed by atoms with Gasteiger partial charge in [-0.25, -0.2) is 0 Å². The number of amides is 2. The van der Waals surface area contributed by atoms with E-state index in [1.807, 2.05) is 12.1 Å². The Morgan fingerprint density at radius 3 is 2.55 bits per heavy atom. The van der Waals surface area contributed by atoms with Gasteiger partial charge in [0, 0.05) is 18.9 Å². The Morgan fingerprint density at radius 2 is 1.85 bits per heavy atom. The van der Waals surface area contributed by atoms with Crippen LogP contribution in [0.1, 0.15) is 16.1 Å². The lowest BCUT2D eigenvalue weighted by Gasteiger charge is -2.10. The summed E-state index contributed by atoms with van der Waals surface area (Å²) < 4.78 is 0. The lowest BCUT2D eigenvalue weighted by Crippen LogP contribution is -2.21. The summed E-state index contributed by atoms with van der Waals surface area (Å²) >= 11 is 0. The van der Waals surface area contributed by atoms with E-state index < -0.39 is 0 Å². The topological polar surface area (TPSA) is 71.1 Å². The summed E-state index contributed by atoms with van der Waals surface area (Å²) in [5.74, 6) is -0.403. The molecule has 0 aliphatic carbocycles. The lowest BCUT2D eigenvalue weighted by atomic mass is 10.1. The quantitative estimate of drug-likeness (QED) is 0.886. The van der Waals surface area contributed by atoms with Crippen molar-refractivity contribution in [1.29, 1.82) is 0 Å². The molecule has 0 bridgehead atoms. The number of rotatable bonds is 4. The Morgan fingerprint density at radius 1 is 1.10 bits per heavy atom. The number of hydrogen-bond acceptors (Lipinski definition) is 3. The second-order valence-corrected chi connectivity index (χ2v) is 4.18. The number of carbonyl (C=O) groups excluding carboxylic acids is 2. The van der Waals surface area contributed by atoms with Crippen LogP contribution in [0.25, 0.3) is 0 Å². The van der Waals surface area contributed by atoms with E-state index >= 15 is 0 Å². The zero-order valence-electron chi connectivity index (χ0n) is 11.1. The van der Waals surface area contributed by atoms with Crippen LogP contribution < -0.4 is 10.6 Å². The van der Waals surface area contributed by atoms with Crippen molar-refractivity contribution in [3.8, 4) is 0 Å². The van der Waals surface area contributed by atoms with Gasteiger partial charge in [-0.15, -0.1) is 0 Å². The molecule has 0 atom stereocenters. The summed E-state index contributed by atoms with van der Waals surface area (Å²) in [4.78, 5) is 27.5. The molecule has 0 aliphatic rings. The Hall–Kier alpha value is -2.69. The molecule has 0 fully saturated rings. The highest BCUT2D eigenvalue weighted by Crippen LogP contribution is 2.16. The summed E-state index contributed by atoms with van der Waals surface area (Å²) in [7, 11) is 1.58. The number of nitrogens with zero attached hydrogens (tertiary/aromatic N) is 1. The predicted molar refractivity (Wildman–Crippen MR) is 76.4 cm³/mol. The summed E-state index contributed by atoms with van der Waals surface area (Å²) in [5, 5.41) is 5.34. The number of carbonyl (C=O) groups is 2. The molecule has 102 valence electrons. The van der Waals surface area contributed by atoms with Crippen molar-refractivity contribution in [3.63, 3.8) is 0 Å². The number of para-hydroxylation sites is 1. The largest absolute Gasteiger partial charge is 0.359 e. The van der Waals surface area contributed by atoms with Crippen LogP contribution in [0.2, 0.25) is 0 Å². The third kappa shape index (κ3) is 3.41. The van der Waals surface area contributed by atoms with Gasteiger partial charge in [0.15, 0.2) is 0 Å². The molecule has 2 aromatic rings. The highest BCUT2D eigenvalue weighted by atomic mass is 16.2. The van der Waals surface area contributed by atoms with E-state index in [1.54, 1.807) is 43.6 Å². The first-order valence-electron chi connectivity index (χ1n) is 6.21. The van der Waals surface area contributed by atoms with Gasteiger partial charge in [-0.3, -0.25) is 14.6 Å². The van der Waals surface area contributed by atoms with Crippen LogP contribution in [0.15, 0.2) is 48.7 Å². The van der Waals surface area contributed by atoms with Crippen LogP contribution in [0.5, 0.6) is 0 Å². The average molecular weight is 269 g/mol. The summed E-state index contributed by atoms with van der Waals surface area (Å²) in [6, 6.07) is 12.3. The molecule has 1 heterocycles. The molecule has 20 heavy (non-hydrogen) atoms. The second kappa shape index (κ2) is 6.47. The fourth-order valence-electron chi connectivity index (χ4n) is 1.74. The molecular weight excluding hydrogens is 254 g/mol. The van der Waals surface area contributed by atoms with Crippen LogP contribution in [-0.4, -0.2) is 23.8 Å². The number of nitrogens with one attached hydrogen (secondary N) is 2. The number of anilines is 1. The maximum absolute atomic E-state index is 12.0. The van der Waals surface area contributed by atoms with Crippen LogP contribution in [-0.2, 0) is 11.2 Å². The van der Waals surface area contributed by atoms with Gasteiger partial charge in [0.25, 0.3) is 5.91 Å². The Bertz CT molecular complexity index is 612. The van der Waals surface area contributed by atoms with E-state index in [9.17, 15) is 9.59 Å². The summed E-state index contributed by atoms with van der Waals surface area (Å²) in [6.07, 6.45) is 1.78. The van der Waals surface area contributed by atoms with Crippen LogP contribution >= 0.6 is 0 Å². The molecule has 0 spiro atoms. The molecule has 0 aliphatic heterocycles. The standard InChI is InChI=1S/C15H15N3O2/c1-16-14(19)10-11-6-2-3-7-12(11)18-15(20)13-8-4-5-9-17-13/h2-9H,10H2,1H3,(H,16,19)(H,18,20). The fourth-order valence-corrected chi connectivity index (χ4v) is 1.74.